The minimum atomic E-state index is -0.239. The number of hydrogen-bond acceptors (Lipinski definition) is 4. The third-order valence-electron chi connectivity index (χ3n) is 5.04. The van der Waals surface area contributed by atoms with E-state index in [4.69, 9.17) is 16.3 Å². The third kappa shape index (κ3) is 8.12. The van der Waals surface area contributed by atoms with E-state index in [-0.39, 0.29) is 18.4 Å². The van der Waals surface area contributed by atoms with Gasteiger partial charge in [-0.3, -0.25) is 9.59 Å². The van der Waals surface area contributed by atoms with Crippen molar-refractivity contribution in [2.24, 2.45) is 0 Å². The fraction of sp³-hybridized carbons (Fsp3) is 0.259. The molecule has 0 aromatic heterocycles. The molecule has 3 rings (SSSR count). The van der Waals surface area contributed by atoms with E-state index in [0.717, 1.165) is 19.3 Å². The van der Waals surface area contributed by atoms with Crippen LogP contribution in [0.3, 0.4) is 0 Å². The molecular formula is C27H30ClN3O3. The molecule has 0 saturated carbocycles. The largest absolute Gasteiger partial charge is 0.491 e. The lowest BCUT2D eigenvalue weighted by Crippen LogP contribution is -2.22. The normalized spacial score (nSPS) is 10.4. The van der Waals surface area contributed by atoms with Gasteiger partial charge < -0.3 is 20.7 Å². The van der Waals surface area contributed by atoms with Gasteiger partial charge in [-0.1, -0.05) is 61.0 Å². The molecule has 0 aliphatic carbocycles. The number of amides is 2. The van der Waals surface area contributed by atoms with E-state index in [9.17, 15) is 9.59 Å². The average Bonchev–Trinajstić information content (AvgIpc) is 2.84. The van der Waals surface area contributed by atoms with Gasteiger partial charge in [-0.05, 0) is 55.2 Å². The number of aryl methyl sites for hydroxylation is 1. The Morgan fingerprint density at radius 2 is 1.65 bits per heavy atom. The zero-order chi connectivity index (χ0) is 24.2. The zero-order valence-electron chi connectivity index (χ0n) is 19.3. The molecule has 0 aliphatic heterocycles. The predicted molar refractivity (Wildman–Crippen MR) is 139 cm³/mol. The molecule has 0 heterocycles. The Hall–Kier alpha value is -3.51. The molecule has 0 aliphatic rings. The maximum atomic E-state index is 12.6. The maximum absolute atomic E-state index is 12.6. The second-order valence-electron chi connectivity index (χ2n) is 7.83. The number of halogens is 1. The van der Waals surface area contributed by atoms with Gasteiger partial charge in [0.15, 0.2) is 0 Å². The summed E-state index contributed by atoms with van der Waals surface area (Å²) in [4.78, 5) is 24.4. The minimum absolute atomic E-state index is 0.00835. The number of para-hydroxylation sites is 2. The van der Waals surface area contributed by atoms with E-state index < -0.39 is 0 Å². The van der Waals surface area contributed by atoms with Crippen LogP contribution in [-0.4, -0.2) is 25.0 Å². The van der Waals surface area contributed by atoms with Crippen molar-refractivity contribution < 1.29 is 14.3 Å². The standard InChI is InChI=1S/C27H30ClN3O3/c1-2-9-26(32)30-21-15-16-22(28)24(18-21)29-19-27(33)31-23-13-6-7-14-25(23)34-17-8-12-20-10-4-3-5-11-20/h3-7,10-11,13-16,18,29H,2,8-9,12,17,19H2,1H3,(H,30,32)(H,31,33). The van der Waals surface area contributed by atoms with E-state index in [0.29, 0.717) is 40.9 Å². The molecule has 0 fully saturated rings. The lowest BCUT2D eigenvalue weighted by atomic mass is 10.1. The molecule has 3 aromatic rings. The third-order valence-corrected chi connectivity index (χ3v) is 5.37. The molecule has 6 nitrogen and oxygen atoms in total. The Labute approximate surface area is 205 Å². The summed E-state index contributed by atoms with van der Waals surface area (Å²) in [7, 11) is 0. The molecule has 0 unspecified atom stereocenters. The zero-order valence-corrected chi connectivity index (χ0v) is 20.0. The first-order valence-electron chi connectivity index (χ1n) is 11.4. The highest BCUT2D eigenvalue weighted by molar-refractivity contribution is 6.33. The van der Waals surface area contributed by atoms with Gasteiger partial charge in [0.1, 0.15) is 5.75 Å². The predicted octanol–water partition coefficient (Wildman–Crippen LogP) is 6.14. The van der Waals surface area contributed by atoms with Crippen LogP contribution >= 0.6 is 11.6 Å². The van der Waals surface area contributed by atoms with Crippen LogP contribution in [0, 0.1) is 0 Å². The average molecular weight is 480 g/mol. The van der Waals surface area contributed by atoms with Crippen molar-refractivity contribution in [1.29, 1.82) is 0 Å². The summed E-state index contributed by atoms with van der Waals surface area (Å²) in [6.07, 6.45) is 3.01. The molecule has 7 heteroatoms. The fourth-order valence-corrected chi connectivity index (χ4v) is 3.54. The van der Waals surface area contributed by atoms with Crippen LogP contribution in [0.1, 0.15) is 31.7 Å². The monoisotopic (exact) mass is 479 g/mol. The molecule has 0 bridgehead atoms. The minimum Gasteiger partial charge on any atom is -0.491 e. The summed E-state index contributed by atoms with van der Waals surface area (Å²) in [5.41, 5.74) is 3.07. The smallest absolute Gasteiger partial charge is 0.243 e. The topological polar surface area (TPSA) is 79.5 Å². The van der Waals surface area contributed by atoms with Crippen LogP contribution in [0.25, 0.3) is 0 Å². The van der Waals surface area contributed by atoms with Gasteiger partial charge in [-0.2, -0.15) is 0 Å². The van der Waals surface area contributed by atoms with Crippen LogP contribution in [0.15, 0.2) is 72.8 Å². The summed E-state index contributed by atoms with van der Waals surface area (Å²) in [6, 6.07) is 22.8. The Kier molecular flexibility index (Phi) is 9.80. The van der Waals surface area contributed by atoms with Gasteiger partial charge in [-0.15, -0.1) is 0 Å². The first-order valence-corrected chi connectivity index (χ1v) is 11.8. The van der Waals surface area contributed by atoms with E-state index in [2.05, 4.69) is 28.1 Å². The number of anilines is 3. The number of nitrogens with one attached hydrogen (secondary N) is 3. The van der Waals surface area contributed by atoms with E-state index in [1.165, 1.54) is 5.56 Å². The number of carbonyl (C=O) groups is 2. The maximum Gasteiger partial charge on any atom is 0.243 e. The Balaban J connectivity index is 1.51. The van der Waals surface area contributed by atoms with Crippen LogP contribution in [-0.2, 0) is 16.0 Å². The first-order chi connectivity index (χ1) is 16.5. The Bertz CT molecular complexity index is 1090. The van der Waals surface area contributed by atoms with Crippen LogP contribution < -0.4 is 20.7 Å². The van der Waals surface area contributed by atoms with Gasteiger partial charge in [0.25, 0.3) is 0 Å². The summed E-state index contributed by atoms with van der Waals surface area (Å²) in [6.45, 7) is 2.50. The van der Waals surface area contributed by atoms with Gasteiger partial charge >= 0.3 is 0 Å². The number of hydrogen-bond donors (Lipinski definition) is 3. The molecule has 3 N–H and O–H groups in total. The van der Waals surface area contributed by atoms with Crippen LogP contribution in [0.4, 0.5) is 17.1 Å². The second-order valence-corrected chi connectivity index (χ2v) is 8.24. The SMILES string of the molecule is CCCC(=O)Nc1ccc(Cl)c(NCC(=O)Nc2ccccc2OCCCc2ccccc2)c1. The number of ether oxygens (including phenoxy) is 1. The molecule has 0 spiro atoms. The van der Waals surface area contributed by atoms with Gasteiger partial charge in [0, 0.05) is 12.1 Å². The molecule has 178 valence electrons. The first kappa shape index (κ1) is 25.1. The van der Waals surface area contributed by atoms with Crippen molar-refractivity contribution in [1.82, 2.24) is 0 Å². The Morgan fingerprint density at radius 3 is 2.44 bits per heavy atom. The molecular weight excluding hydrogens is 450 g/mol. The summed E-state index contributed by atoms with van der Waals surface area (Å²) >= 11 is 6.25. The second kappa shape index (κ2) is 13.3. The number of benzene rings is 3. The lowest BCUT2D eigenvalue weighted by Gasteiger charge is -2.14. The summed E-state index contributed by atoms with van der Waals surface area (Å²) in [5.74, 6) is 0.327. The highest BCUT2D eigenvalue weighted by Gasteiger charge is 2.10. The van der Waals surface area contributed by atoms with E-state index in [1.54, 1.807) is 24.3 Å². The number of carbonyl (C=O) groups excluding carboxylic acids is 2. The molecule has 2 amide bonds. The quantitative estimate of drug-likeness (QED) is 0.272. The molecule has 0 radical (unpaired) electrons. The van der Waals surface area contributed by atoms with Crippen LogP contribution in [0.2, 0.25) is 5.02 Å². The molecule has 34 heavy (non-hydrogen) atoms. The van der Waals surface area contributed by atoms with Crippen LogP contribution in [0.5, 0.6) is 5.75 Å². The van der Waals surface area contributed by atoms with Crippen molar-refractivity contribution in [3.8, 4) is 5.75 Å². The lowest BCUT2D eigenvalue weighted by molar-refractivity contribution is -0.116. The fourth-order valence-electron chi connectivity index (χ4n) is 3.36. The highest BCUT2D eigenvalue weighted by Crippen LogP contribution is 2.26. The van der Waals surface area contributed by atoms with Crippen molar-refractivity contribution in [3.63, 3.8) is 0 Å². The van der Waals surface area contributed by atoms with E-state index in [1.807, 2.05) is 43.3 Å². The molecule has 3 aromatic carbocycles. The van der Waals surface area contributed by atoms with E-state index >= 15 is 0 Å². The Morgan fingerprint density at radius 1 is 0.882 bits per heavy atom. The van der Waals surface area contributed by atoms with Crippen molar-refractivity contribution in [2.75, 3.05) is 29.1 Å². The van der Waals surface area contributed by atoms with Gasteiger partial charge in [0.05, 0.1) is 29.5 Å². The molecule has 0 saturated heterocycles. The highest BCUT2D eigenvalue weighted by atomic mass is 35.5. The van der Waals surface area contributed by atoms with Gasteiger partial charge in [-0.25, -0.2) is 0 Å². The number of rotatable bonds is 12. The summed E-state index contributed by atoms with van der Waals surface area (Å²) < 4.78 is 5.92. The van der Waals surface area contributed by atoms with Gasteiger partial charge in [0.2, 0.25) is 11.8 Å². The van der Waals surface area contributed by atoms with Crippen molar-refractivity contribution in [2.45, 2.75) is 32.6 Å². The van der Waals surface area contributed by atoms with Crippen molar-refractivity contribution in [3.05, 3.63) is 83.4 Å². The summed E-state index contributed by atoms with van der Waals surface area (Å²) in [5, 5.41) is 9.20. The van der Waals surface area contributed by atoms with Crippen molar-refractivity contribution >= 4 is 40.5 Å². The molecule has 0 atom stereocenters.